The van der Waals surface area contributed by atoms with Crippen LogP contribution in [0.5, 0.6) is 0 Å². The van der Waals surface area contributed by atoms with Gasteiger partial charge in [-0.25, -0.2) is 15.0 Å². The quantitative estimate of drug-likeness (QED) is 0.188. The predicted molar refractivity (Wildman–Crippen MR) is 203 cm³/mol. The van der Waals surface area contributed by atoms with Crippen molar-refractivity contribution in [3.63, 3.8) is 0 Å². The van der Waals surface area contributed by atoms with E-state index in [0.717, 1.165) is 77.2 Å². The van der Waals surface area contributed by atoms with E-state index in [1.807, 2.05) is 72.8 Å². The first-order chi connectivity index (χ1) is 24.8. The van der Waals surface area contributed by atoms with E-state index >= 15 is 0 Å². The Morgan fingerprint density at radius 2 is 0.940 bits per heavy atom. The number of rotatable bonds is 5. The predicted octanol–water partition coefficient (Wildman–Crippen LogP) is 11.5. The van der Waals surface area contributed by atoms with Crippen LogP contribution in [0.2, 0.25) is 0 Å². The maximum atomic E-state index is 6.51. The second kappa shape index (κ2) is 11.4. The highest BCUT2D eigenvalue weighted by atomic mass is 16.3. The highest BCUT2D eigenvalue weighted by molar-refractivity contribution is 6.23. The first-order valence-corrected chi connectivity index (χ1v) is 16.7. The molecule has 3 aromatic heterocycles. The van der Waals surface area contributed by atoms with Gasteiger partial charge in [0.15, 0.2) is 17.5 Å². The molecule has 0 saturated heterocycles. The van der Waals surface area contributed by atoms with Crippen molar-refractivity contribution in [2.75, 3.05) is 0 Å². The number of benzene rings is 7. The van der Waals surface area contributed by atoms with E-state index in [1.54, 1.807) is 0 Å². The molecule has 0 fully saturated rings. The molecular formula is C45H28N4O. The zero-order chi connectivity index (χ0) is 33.0. The average Bonchev–Trinajstić information content (AvgIpc) is 3.74. The molecule has 10 aromatic rings. The molecule has 0 radical (unpaired) electrons. The van der Waals surface area contributed by atoms with Gasteiger partial charge < -0.3 is 8.98 Å². The Morgan fingerprint density at radius 1 is 0.380 bits per heavy atom. The number of furan rings is 1. The summed E-state index contributed by atoms with van der Waals surface area (Å²) in [4.78, 5) is 14.8. The molecule has 0 aliphatic heterocycles. The monoisotopic (exact) mass is 640 g/mol. The fourth-order valence-electron chi connectivity index (χ4n) is 7.11. The Kier molecular flexibility index (Phi) is 6.42. The molecule has 0 bridgehead atoms. The van der Waals surface area contributed by atoms with Crippen LogP contribution in [0.4, 0.5) is 0 Å². The number of hydrogen-bond donors (Lipinski definition) is 0. The number of hydrogen-bond acceptors (Lipinski definition) is 4. The van der Waals surface area contributed by atoms with Crippen molar-refractivity contribution in [3.8, 4) is 51.0 Å². The summed E-state index contributed by atoms with van der Waals surface area (Å²) in [5.74, 6) is 1.92. The van der Waals surface area contributed by atoms with Crippen molar-refractivity contribution >= 4 is 43.7 Å². The van der Waals surface area contributed by atoms with Crippen LogP contribution in [-0.4, -0.2) is 19.5 Å². The Morgan fingerprint density at radius 3 is 1.68 bits per heavy atom. The van der Waals surface area contributed by atoms with Crippen LogP contribution in [0.3, 0.4) is 0 Å². The van der Waals surface area contributed by atoms with E-state index in [1.165, 1.54) is 0 Å². The molecular weight excluding hydrogens is 613 g/mol. The molecule has 0 unspecified atom stereocenters. The summed E-state index contributed by atoms with van der Waals surface area (Å²) in [7, 11) is 0. The standard InChI is InChI=1S/C45H28N4O/c1-3-13-29(14-4-1)43-46-44(30-15-5-2-6-16-30)48-45(47-43)33-19-11-17-31(27-33)32-18-12-20-34(28-32)49-38-23-9-7-22-37(38)41-39(49)26-25-36-35-21-8-10-24-40(35)50-42(36)41/h1-28H. The molecule has 0 saturated carbocycles. The second-order valence-electron chi connectivity index (χ2n) is 12.5. The van der Waals surface area contributed by atoms with Gasteiger partial charge in [-0.05, 0) is 53.6 Å². The zero-order valence-corrected chi connectivity index (χ0v) is 26.9. The number of nitrogens with zero attached hydrogens (tertiary/aromatic N) is 4. The molecule has 5 heteroatoms. The van der Waals surface area contributed by atoms with Crippen LogP contribution in [-0.2, 0) is 0 Å². The third kappa shape index (κ3) is 4.60. The topological polar surface area (TPSA) is 56.7 Å². The summed E-state index contributed by atoms with van der Waals surface area (Å²) >= 11 is 0. The van der Waals surface area contributed by atoms with E-state index in [4.69, 9.17) is 19.4 Å². The largest absolute Gasteiger partial charge is 0.455 e. The average molecular weight is 641 g/mol. The van der Waals surface area contributed by atoms with Gasteiger partial charge in [0.2, 0.25) is 0 Å². The molecule has 0 aliphatic rings. The summed E-state index contributed by atoms with van der Waals surface area (Å²) in [6.45, 7) is 0. The van der Waals surface area contributed by atoms with E-state index in [-0.39, 0.29) is 0 Å². The van der Waals surface area contributed by atoms with Gasteiger partial charge in [-0.2, -0.15) is 0 Å². The molecule has 0 atom stereocenters. The van der Waals surface area contributed by atoms with Gasteiger partial charge in [0.05, 0.1) is 16.4 Å². The highest BCUT2D eigenvalue weighted by Gasteiger charge is 2.19. The van der Waals surface area contributed by atoms with Gasteiger partial charge >= 0.3 is 0 Å². The lowest BCUT2D eigenvalue weighted by Crippen LogP contribution is -2.00. The molecule has 3 heterocycles. The van der Waals surface area contributed by atoms with Crippen LogP contribution >= 0.6 is 0 Å². The molecule has 50 heavy (non-hydrogen) atoms. The molecule has 10 rings (SSSR count). The molecule has 5 nitrogen and oxygen atoms in total. The molecule has 0 amide bonds. The van der Waals surface area contributed by atoms with Gasteiger partial charge in [-0.15, -0.1) is 0 Å². The third-order valence-corrected chi connectivity index (χ3v) is 9.44. The molecule has 234 valence electrons. The van der Waals surface area contributed by atoms with Crippen LogP contribution in [0, 0.1) is 0 Å². The van der Waals surface area contributed by atoms with Crippen LogP contribution < -0.4 is 0 Å². The minimum atomic E-state index is 0.632. The number of aromatic nitrogens is 4. The van der Waals surface area contributed by atoms with Crippen LogP contribution in [0.1, 0.15) is 0 Å². The lowest BCUT2D eigenvalue weighted by atomic mass is 10.0. The zero-order valence-electron chi connectivity index (χ0n) is 26.9. The second-order valence-corrected chi connectivity index (χ2v) is 12.5. The summed E-state index contributed by atoms with van der Waals surface area (Å²) in [6, 6.07) is 58.6. The third-order valence-electron chi connectivity index (χ3n) is 9.44. The molecule has 0 N–H and O–H groups in total. The fraction of sp³-hybridized carbons (Fsp3) is 0. The smallest absolute Gasteiger partial charge is 0.164 e. The minimum Gasteiger partial charge on any atom is -0.455 e. The summed E-state index contributed by atoms with van der Waals surface area (Å²) in [5.41, 5.74) is 10.1. The van der Waals surface area contributed by atoms with E-state index < -0.39 is 0 Å². The number of para-hydroxylation sites is 2. The van der Waals surface area contributed by atoms with Gasteiger partial charge in [0, 0.05) is 38.5 Å². The van der Waals surface area contributed by atoms with Gasteiger partial charge in [0.25, 0.3) is 0 Å². The van der Waals surface area contributed by atoms with Crippen molar-refractivity contribution in [2.45, 2.75) is 0 Å². The lowest BCUT2D eigenvalue weighted by Gasteiger charge is -2.12. The first kappa shape index (κ1) is 28.2. The Balaban J connectivity index is 1.11. The van der Waals surface area contributed by atoms with Crippen molar-refractivity contribution in [1.29, 1.82) is 0 Å². The fourth-order valence-corrected chi connectivity index (χ4v) is 7.11. The minimum absolute atomic E-state index is 0.632. The van der Waals surface area contributed by atoms with Crippen molar-refractivity contribution in [3.05, 3.63) is 170 Å². The SMILES string of the molecule is c1ccc(-c2nc(-c3ccccc3)nc(-c3cccc(-c4cccc(-n5c6ccccc6c6c7oc8ccccc8c7ccc65)c4)c3)n2)cc1. The van der Waals surface area contributed by atoms with Crippen molar-refractivity contribution in [2.24, 2.45) is 0 Å². The highest BCUT2D eigenvalue weighted by Crippen LogP contribution is 2.41. The normalized spacial score (nSPS) is 11.6. The summed E-state index contributed by atoms with van der Waals surface area (Å²) in [6.07, 6.45) is 0. The first-order valence-electron chi connectivity index (χ1n) is 16.7. The van der Waals surface area contributed by atoms with Crippen molar-refractivity contribution < 1.29 is 4.42 Å². The van der Waals surface area contributed by atoms with Gasteiger partial charge in [-0.1, -0.05) is 127 Å². The Bertz CT molecular complexity index is 2810. The van der Waals surface area contributed by atoms with Gasteiger partial charge in [0.1, 0.15) is 11.2 Å². The Labute approximate surface area is 287 Å². The molecule has 7 aromatic carbocycles. The Hall–Kier alpha value is -6.85. The lowest BCUT2D eigenvalue weighted by molar-refractivity contribution is 0.673. The summed E-state index contributed by atoms with van der Waals surface area (Å²) < 4.78 is 8.86. The number of fused-ring (bicyclic) bond motifs is 7. The molecule has 0 aliphatic carbocycles. The van der Waals surface area contributed by atoms with Crippen LogP contribution in [0.15, 0.2) is 174 Å². The van der Waals surface area contributed by atoms with Gasteiger partial charge in [-0.3, -0.25) is 0 Å². The van der Waals surface area contributed by atoms with Crippen molar-refractivity contribution in [1.82, 2.24) is 19.5 Å². The maximum Gasteiger partial charge on any atom is 0.164 e. The van der Waals surface area contributed by atoms with Crippen LogP contribution in [0.25, 0.3) is 94.7 Å². The van der Waals surface area contributed by atoms with E-state index in [0.29, 0.717) is 17.5 Å². The summed E-state index contributed by atoms with van der Waals surface area (Å²) in [5, 5.41) is 4.55. The molecule has 0 spiro atoms. The van der Waals surface area contributed by atoms with E-state index in [2.05, 4.69) is 102 Å². The maximum absolute atomic E-state index is 6.51. The van der Waals surface area contributed by atoms with E-state index in [9.17, 15) is 0 Å².